The zero-order valence-corrected chi connectivity index (χ0v) is 15.6. The first-order valence-electron chi connectivity index (χ1n) is 8.96. The van der Waals surface area contributed by atoms with E-state index in [4.69, 9.17) is 4.74 Å². The summed E-state index contributed by atoms with van der Waals surface area (Å²) in [7, 11) is 1.57. The molecule has 1 atom stereocenters. The van der Waals surface area contributed by atoms with Crippen LogP contribution >= 0.6 is 0 Å². The van der Waals surface area contributed by atoms with Crippen molar-refractivity contribution in [1.29, 1.82) is 0 Å². The highest BCUT2D eigenvalue weighted by molar-refractivity contribution is 6.12. The first-order valence-corrected chi connectivity index (χ1v) is 8.96. The molecule has 2 aromatic carbocycles. The van der Waals surface area contributed by atoms with Crippen LogP contribution in [0.5, 0.6) is 5.75 Å². The molecule has 7 heteroatoms. The Morgan fingerprint density at radius 2 is 1.93 bits per heavy atom. The number of urea groups is 1. The monoisotopic (exact) mass is 376 g/mol. The molecule has 3 aromatic rings. The van der Waals surface area contributed by atoms with Crippen LogP contribution in [-0.2, 0) is 4.79 Å². The maximum atomic E-state index is 13.0. The molecule has 142 valence electrons. The molecule has 1 saturated heterocycles. The zero-order valence-electron chi connectivity index (χ0n) is 15.6. The molecule has 1 aliphatic rings. The Morgan fingerprint density at radius 3 is 2.61 bits per heavy atom. The van der Waals surface area contributed by atoms with E-state index in [1.54, 1.807) is 25.6 Å². The van der Waals surface area contributed by atoms with Crippen LogP contribution < -0.4 is 9.64 Å². The van der Waals surface area contributed by atoms with Crippen molar-refractivity contribution < 1.29 is 14.3 Å². The van der Waals surface area contributed by atoms with Crippen molar-refractivity contribution in [2.24, 2.45) is 0 Å². The van der Waals surface area contributed by atoms with Gasteiger partial charge in [0.15, 0.2) is 0 Å². The van der Waals surface area contributed by atoms with Crippen LogP contribution in [0.4, 0.5) is 10.5 Å². The van der Waals surface area contributed by atoms with Crippen LogP contribution in [0.25, 0.3) is 11.1 Å². The zero-order chi connectivity index (χ0) is 19.7. The minimum atomic E-state index is -0.335. The number of benzene rings is 2. The van der Waals surface area contributed by atoms with E-state index in [-0.39, 0.29) is 24.5 Å². The van der Waals surface area contributed by atoms with Gasteiger partial charge < -0.3 is 4.74 Å². The number of ether oxygens (including phenoxy) is 1. The summed E-state index contributed by atoms with van der Waals surface area (Å²) in [4.78, 5) is 28.4. The number of nitrogens with zero attached hydrogens (tertiary/aromatic N) is 3. The number of imide groups is 1. The molecule has 3 amide bonds. The van der Waals surface area contributed by atoms with Gasteiger partial charge in [-0.15, -0.1) is 0 Å². The third-order valence-corrected chi connectivity index (χ3v) is 4.97. The molecule has 0 aliphatic carbocycles. The minimum Gasteiger partial charge on any atom is -0.496 e. The van der Waals surface area contributed by atoms with Gasteiger partial charge in [-0.3, -0.25) is 19.7 Å². The predicted octanol–water partition coefficient (Wildman–Crippen LogP) is 3.62. The van der Waals surface area contributed by atoms with Gasteiger partial charge in [0.25, 0.3) is 5.91 Å². The molecule has 1 unspecified atom stereocenters. The lowest BCUT2D eigenvalue weighted by Gasteiger charge is -2.23. The summed E-state index contributed by atoms with van der Waals surface area (Å²) in [5.74, 6) is 0.382. The van der Waals surface area contributed by atoms with Crippen molar-refractivity contribution in [1.82, 2.24) is 15.1 Å². The number of amides is 3. The smallest absolute Gasteiger partial charge is 0.332 e. The summed E-state index contributed by atoms with van der Waals surface area (Å²) in [6.45, 7) is 1.86. The van der Waals surface area contributed by atoms with Crippen molar-refractivity contribution in [3.05, 3.63) is 66.5 Å². The molecule has 1 N–H and O–H groups in total. The van der Waals surface area contributed by atoms with Crippen molar-refractivity contribution in [2.75, 3.05) is 18.6 Å². The van der Waals surface area contributed by atoms with Gasteiger partial charge in [-0.05, 0) is 24.6 Å². The van der Waals surface area contributed by atoms with Gasteiger partial charge in [-0.1, -0.05) is 30.3 Å². The van der Waals surface area contributed by atoms with E-state index in [1.807, 2.05) is 49.4 Å². The van der Waals surface area contributed by atoms with E-state index in [1.165, 1.54) is 9.80 Å². The maximum absolute atomic E-state index is 13.0. The van der Waals surface area contributed by atoms with Gasteiger partial charge in [0, 0.05) is 29.1 Å². The maximum Gasteiger partial charge on any atom is 0.332 e. The van der Waals surface area contributed by atoms with Crippen LogP contribution in [0.15, 0.2) is 60.9 Å². The Morgan fingerprint density at radius 1 is 1.14 bits per heavy atom. The number of carbonyl (C=O) groups excluding carboxylic acids is 2. The average molecular weight is 376 g/mol. The number of H-pyrrole nitrogens is 1. The summed E-state index contributed by atoms with van der Waals surface area (Å²) in [6.07, 6.45) is 3.47. The van der Waals surface area contributed by atoms with Crippen molar-refractivity contribution in [3.8, 4) is 16.9 Å². The van der Waals surface area contributed by atoms with E-state index >= 15 is 0 Å². The summed E-state index contributed by atoms with van der Waals surface area (Å²) >= 11 is 0. The number of anilines is 1. The minimum absolute atomic E-state index is 0.00418. The van der Waals surface area contributed by atoms with Crippen LogP contribution in [0.1, 0.15) is 18.5 Å². The molecule has 2 heterocycles. The first kappa shape index (κ1) is 17.8. The Hall–Kier alpha value is -3.61. The fourth-order valence-electron chi connectivity index (χ4n) is 3.46. The number of rotatable bonds is 5. The molecule has 0 spiro atoms. The molecule has 7 nitrogen and oxygen atoms in total. The fraction of sp³-hybridized carbons (Fsp3) is 0.190. The lowest BCUT2D eigenvalue weighted by molar-refractivity contribution is -0.126. The number of methoxy groups -OCH3 is 1. The molecule has 0 bridgehead atoms. The Balaban J connectivity index is 1.63. The van der Waals surface area contributed by atoms with Crippen LogP contribution in [0.3, 0.4) is 0 Å². The van der Waals surface area contributed by atoms with E-state index in [9.17, 15) is 9.59 Å². The average Bonchev–Trinajstić information content (AvgIpc) is 3.36. The number of carbonyl (C=O) groups is 2. The number of hydrogen-bond donors (Lipinski definition) is 1. The molecule has 1 aromatic heterocycles. The van der Waals surface area contributed by atoms with Crippen LogP contribution in [0, 0.1) is 0 Å². The van der Waals surface area contributed by atoms with Crippen LogP contribution in [-0.4, -0.2) is 40.7 Å². The third kappa shape index (κ3) is 3.00. The number of aromatic nitrogens is 2. The summed E-state index contributed by atoms with van der Waals surface area (Å²) in [5.41, 5.74) is 3.27. The standard InChI is InChI=1S/C21H20N4O3/c1-14(15-6-4-3-5-7-15)25-20(26)13-24(21(25)27)17-8-9-18(19(10-17)28-2)16-11-22-23-12-16/h3-12,14H,13H2,1-2H3,(H,22,23). The SMILES string of the molecule is COc1cc(N2CC(=O)N(C(C)c3ccccc3)C2=O)ccc1-c1cn[nH]c1. The molecule has 1 aliphatic heterocycles. The van der Waals surface area contributed by atoms with Gasteiger partial charge in [0.2, 0.25) is 0 Å². The summed E-state index contributed by atoms with van der Waals surface area (Å²) in [5, 5.41) is 6.73. The number of aromatic amines is 1. The highest BCUT2D eigenvalue weighted by Crippen LogP contribution is 2.35. The normalized spacial score (nSPS) is 15.2. The van der Waals surface area contributed by atoms with Crippen molar-refractivity contribution >= 4 is 17.6 Å². The Kier molecular flexibility index (Phi) is 4.57. The van der Waals surface area contributed by atoms with E-state index < -0.39 is 0 Å². The lowest BCUT2D eigenvalue weighted by Crippen LogP contribution is -2.35. The third-order valence-electron chi connectivity index (χ3n) is 4.97. The van der Waals surface area contributed by atoms with Gasteiger partial charge in [0.05, 0.1) is 19.3 Å². The number of nitrogens with one attached hydrogen (secondary N) is 1. The van der Waals surface area contributed by atoms with E-state index in [0.717, 1.165) is 16.7 Å². The molecular formula is C21H20N4O3. The van der Waals surface area contributed by atoms with Crippen LogP contribution in [0.2, 0.25) is 0 Å². The molecule has 0 radical (unpaired) electrons. The lowest BCUT2D eigenvalue weighted by atomic mass is 10.1. The molecular weight excluding hydrogens is 356 g/mol. The second-order valence-corrected chi connectivity index (χ2v) is 6.59. The number of hydrogen-bond acceptors (Lipinski definition) is 4. The highest BCUT2D eigenvalue weighted by Gasteiger charge is 2.40. The van der Waals surface area contributed by atoms with Crippen molar-refractivity contribution in [2.45, 2.75) is 13.0 Å². The second kappa shape index (κ2) is 7.19. The summed E-state index contributed by atoms with van der Waals surface area (Å²) in [6, 6.07) is 14.3. The van der Waals surface area contributed by atoms with Gasteiger partial charge in [-0.2, -0.15) is 5.10 Å². The van der Waals surface area contributed by atoms with E-state index in [2.05, 4.69) is 10.2 Å². The predicted molar refractivity (Wildman–Crippen MR) is 105 cm³/mol. The summed E-state index contributed by atoms with van der Waals surface area (Å²) < 4.78 is 5.50. The first-order chi connectivity index (χ1) is 13.6. The highest BCUT2D eigenvalue weighted by atomic mass is 16.5. The van der Waals surface area contributed by atoms with Crippen molar-refractivity contribution in [3.63, 3.8) is 0 Å². The quantitative estimate of drug-likeness (QED) is 0.690. The molecule has 28 heavy (non-hydrogen) atoms. The van der Waals surface area contributed by atoms with Gasteiger partial charge >= 0.3 is 6.03 Å². The largest absolute Gasteiger partial charge is 0.496 e. The fourth-order valence-corrected chi connectivity index (χ4v) is 3.46. The topological polar surface area (TPSA) is 78.5 Å². The molecule has 1 fully saturated rings. The van der Waals surface area contributed by atoms with E-state index in [0.29, 0.717) is 11.4 Å². The Labute approximate surface area is 162 Å². The second-order valence-electron chi connectivity index (χ2n) is 6.59. The molecule has 0 saturated carbocycles. The van der Waals surface area contributed by atoms with Gasteiger partial charge in [-0.25, -0.2) is 4.79 Å². The molecule has 4 rings (SSSR count). The Bertz CT molecular complexity index is 1000. The van der Waals surface area contributed by atoms with Gasteiger partial charge in [0.1, 0.15) is 12.3 Å².